The Morgan fingerprint density at radius 1 is 0.852 bits per heavy atom. The van der Waals surface area contributed by atoms with Crippen molar-refractivity contribution >= 4 is 28.9 Å². The SMILES string of the molecule is O=C(COC(=O)c1ccc(COc2cccc(C(NC(=O)OC3CN4CCC3CC4)c3ccccc3)c2)cc1)OCCCCCNCC(O)c1ccc(O)c2[nH]c(=O)ccc12. The molecule has 4 heterocycles. The predicted octanol–water partition coefficient (Wildman–Crippen LogP) is 5.92. The van der Waals surface area contributed by atoms with Crippen LogP contribution in [0.3, 0.4) is 0 Å². The van der Waals surface area contributed by atoms with Crippen LogP contribution in [0.5, 0.6) is 11.5 Å². The van der Waals surface area contributed by atoms with Crippen molar-refractivity contribution in [2.45, 2.75) is 57.0 Å². The number of aromatic amines is 1. The zero-order valence-electron chi connectivity index (χ0n) is 33.9. The first kappa shape index (κ1) is 42.9. The monoisotopic (exact) mass is 832 g/mol. The third-order valence-electron chi connectivity index (χ3n) is 11.2. The van der Waals surface area contributed by atoms with Gasteiger partial charge in [0, 0.05) is 24.5 Å². The highest BCUT2D eigenvalue weighted by Gasteiger charge is 2.37. The average molecular weight is 833 g/mol. The van der Waals surface area contributed by atoms with E-state index in [1.54, 1.807) is 36.4 Å². The third kappa shape index (κ3) is 11.7. The van der Waals surface area contributed by atoms with Crippen molar-refractivity contribution in [3.05, 3.63) is 141 Å². The fourth-order valence-electron chi connectivity index (χ4n) is 7.89. The second-order valence-corrected chi connectivity index (χ2v) is 15.5. The lowest BCUT2D eigenvalue weighted by atomic mass is 9.86. The van der Waals surface area contributed by atoms with Crippen LogP contribution in [-0.4, -0.2) is 90.2 Å². The standard InChI is InChI=1S/C47H52N4O10/c52-39-18-16-37(38-17-19-42(54)49-45(38)39)40(53)27-48-22-5-2-6-25-58-43(55)30-60-46(56)34-14-12-31(13-15-34)29-59-36-11-7-10-35(26-36)44(33-8-3-1-4-9-33)50-47(57)61-41-28-51-23-20-32(41)21-24-51/h1,3-4,7-19,26,32,40-41,44,48,52-53H,2,5-6,20-25,27-30H2,(H,49,54)(H,50,57). The lowest BCUT2D eigenvalue weighted by Crippen LogP contribution is -2.52. The van der Waals surface area contributed by atoms with E-state index in [1.807, 2.05) is 54.6 Å². The molecule has 8 rings (SSSR count). The number of aromatic hydroxyl groups is 1. The normalized spacial score (nSPS) is 17.9. The first-order valence-corrected chi connectivity index (χ1v) is 20.8. The molecule has 2 bridgehead atoms. The van der Waals surface area contributed by atoms with E-state index in [1.165, 1.54) is 12.1 Å². The Kier molecular flexibility index (Phi) is 14.7. The number of H-pyrrole nitrogens is 1. The first-order chi connectivity index (χ1) is 29.7. The number of phenolic OH excluding ortho intramolecular Hbond substituents is 1. The van der Waals surface area contributed by atoms with Gasteiger partial charge in [-0.1, -0.05) is 60.7 Å². The van der Waals surface area contributed by atoms with Gasteiger partial charge >= 0.3 is 18.0 Å². The van der Waals surface area contributed by atoms with E-state index < -0.39 is 36.8 Å². The largest absolute Gasteiger partial charge is 0.506 e. The fourth-order valence-corrected chi connectivity index (χ4v) is 7.89. The molecule has 61 heavy (non-hydrogen) atoms. The predicted molar refractivity (Wildman–Crippen MR) is 227 cm³/mol. The van der Waals surface area contributed by atoms with E-state index in [4.69, 9.17) is 18.9 Å². The highest BCUT2D eigenvalue weighted by atomic mass is 16.6. The van der Waals surface area contributed by atoms with Gasteiger partial charge < -0.3 is 44.8 Å². The summed E-state index contributed by atoms with van der Waals surface area (Å²) in [5, 5.41) is 27.6. The van der Waals surface area contributed by atoms with Gasteiger partial charge in [0.2, 0.25) is 5.56 Å². The van der Waals surface area contributed by atoms with Gasteiger partial charge in [-0.25, -0.2) is 14.4 Å². The number of alkyl carbamates (subject to hydrolysis) is 1. The van der Waals surface area contributed by atoms with Crippen LogP contribution in [0.25, 0.3) is 10.9 Å². The number of carbonyl (C=O) groups is 3. The van der Waals surface area contributed by atoms with Crippen LogP contribution in [0.2, 0.25) is 0 Å². The molecule has 3 unspecified atom stereocenters. The molecule has 1 amide bonds. The van der Waals surface area contributed by atoms with Crippen molar-refractivity contribution in [3.8, 4) is 11.5 Å². The van der Waals surface area contributed by atoms with Crippen LogP contribution in [0.15, 0.2) is 108 Å². The second-order valence-electron chi connectivity index (χ2n) is 15.5. The number of piperidine rings is 3. The smallest absolute Gasteiger partial charge is 0.408 e. The Bertz CT molecular complexity index is 2310. The van der Waals surface area contributed by atoms with Crippen molar-refractivity contribution < 1.29 is 43.5 Å². The highest BCUT2D eigenvalue weighted by molar-refractivity contribution is 5.90. The van der Waals surface area contributed by atoms with E-state index in [-0.39, 0.29) is 48.3 Å². The molecule has 5 aromatic rings. The molecule has 14 heteroatoms. The summed E-state index contributed by atoms with van der Waals surface area (Å²) in [5.41, 5.74) is 3.40. The summed E-state index contributed by atoms with van der Waals surface area (Å²) in [6.07, 6.45) is 2.88. The average Bonchev–Trinajstić information content (AvgIpc) is 3.28. The molecule has 5 N–H and O–H groups in total. The van der Waals surface area contributed by atoms with Crippen LogP contribution in [0, 0.1) is 5.92 Å². The number of aromatic nitrogens is 1. The molecule has 0 radical (unpaired) electrons. The number of phenols is 1. The van der Waals surface area contributed by atoms with Gasteiger partial charge in [0.25, 0.3) is 0 Å². The number of aliphatic hydroxyl groups is 1. The molecular weight excluding hydrogens is 781 g/mol. The van der Waals surface area contributed by atoms with Crippen molar-refractivity contribution in [2.24, 2.45) is 5.92 Å². The lowest BCUT2D eigenvalue weighted by molar-refractivity contribution is -0.147. The van der Waals surface area contributed by atoms with E-state index in [0.29, 0.717) is 35.6 Å². The molecule has 0 saturated carbocycles. The number of hydrogen-bond acceptors (Lipinski definition) is 12. The molecule has 1 aromatic heterocycles. The van der Waals surface area contributed by atoms with E-state index in [0.717, 1.165) is 62.0 Å². The number of nitrogens with one attached hydrogen (secondary N) is 3. The number of benzene rings is 4. The van der Waals surface area contributed by atoms with Gasteiger partial charge in [0.15, 0.2) is 6.61 Å². The molecule has 4 aromatic carbocycles. The Labute approximate surface area is 353 Å². The topological polar surface area (TPSA) is 189 Å². The maximum Gasteiger partial charge on any atom is 0.408 e. The molecule has 3 aliphatic rings. The summed E-state index contributed by atoms with van der Waals surface area (Å²) >= 11 is 0. The summed E-state index contributed by atoms with van der Waals surface area (Å²) in [6, 6.07) is 29.6. The molecule has 14 nitrogen and oxygen atoms in total. The van der Waals surface area contributed by atoms with Gasteiger partial charge in [-0.2, -0.15) is 0 Å². The minimum atomic E-state index is -0.846. The van der Waals surface area contributed by atoms with Gasteiger partial charge in [-0.3, -0.25) is 9.69 Å². The Hall–Kier alpha value is -6.22. The number of carbonyl (C=O) groups excluding carboxylic acids is 3. The molecule has 3 aliphatic heterocycles. The second kappa shape index (κ2) is 20.8. The summed E-state index contributed by atoms with van der Waals surface area (Å²) in [5.74, 6) is -0.332. The number of esters is 2. The third-order valence-corrected chi connectivity index (χ3v) is 11.2. The number of fused-ring (bicyclic) bond motifs is 4. The number of ether oxygens (including phenoxy) is 4. The van der Waals surface area contributed by atoms with Crippen molar-refractivity contribution in [1.29, 1.82) is 0 Å². The van der Waals surface area contributed by atoms with Crippen LogP contribution >= 0.6 is 0 Å². The van der Waals surface area contributed by atoms with E-state index in [9.17, 15) is 29.4 Å². The maximum absolute atomic E-state index is 13.2. The lowest BCUT2D eigenvalue weighted by Gasteiger charge is -2.43. The van der Waals surface area contributed by atoms with Gasteiger partial charge in [0.1, 0.15) is 24.2 Å². The number of amides is 1. The molecule has 0 aliphatic carbocycles. The van der Waals surface area contributed by atoms with Crippen molar-refractivity contribution in [1.82, 2.24) is 20.5 Å². The number of unbranched alkanes of at least 4 members (excludes halogenated alkanes) is 2. The number of hydrogen-bond donors (Lipinski definition) is 5. The van der Waals surface area contributed by atoms with Crippen LogP contribution in [0.1, 0.15) is 76.9 Å². The fraction of sp³-hybridized carbons (Fsp3) is 0.362. The van der Waals surface area contributed by atoms with E-state index in [2.05, 4.69) is 20.5 Å². The summed E-state index contributed by atoms with van der Waals surface area (Å²) < 4.78 is 22.5. The minimum Gasteiger partial charge on any atom is -0.506 e. The van der Waals surface area contributed by atoms with Crippen LogP contribution in [0.4, 0.5) is 4.79 Å². The molecule has 3 saturated heterocycles. The summed E-state index contributed by atoms with van der Waals surface area (Å²) in [4.78, 5) is 54.6. The highest BCUT2D eigenvalue weighted by Crippen LogP contribution is 2.31. The summed E-state index contributed by atoms with van der Waals surface area (Å²) in [6.45, 7) is 3.73. The number of nitrogens with zero attached hydrogens (tertiary/aromatic N) is 1. The number of aliphatic hydroxyl groups excluding tert-OH is 1. The zero-order chi connectivity index (χ0) is 42.6. The Morgan fingerprint density at radius 2 is 1.64 bits per heavy atom. The summed E-state index contributed by atoms with van der Waals surface area (Å²) in [7, 11) is 0. The molecule has 320 valence electrons. The quantitative estimate of drug-likeness (QED) is 0.0376. The maximum atomic E-state index is 13.2. The minimum absolute atomic E-state index is 0.0631. The molecule has 0 spiro atoms. The van der Waals surface area contributed by atoms with Crippen molar-refractivity contribution in [3.63, 3.8) is 0 Å². The van der Waals surface area contributed by atoms with Gasteiger partial charge in [-0.15, -0.1) is 0 Å². The van der Waals surface area contributed by atoms with E-state index >= 15 is 0 Å². The Morgan fingerprint density at radius 3 is 2.41 bits per heavy atom. The van der Waals surface area contributed by atoms with Crippen LogP contribution < -0.4 is 20.9 Å². The Balaban J connectivity index is 0.791. The zero-order valence-corrected chi connectivity index (χ0v) is 33.9. The first-order valence-electron chi connectivity index (χ1n) is 20.8. The van der Waals surface area contributed by atoms with Crippen molar-refractivity contribution in [2.75, 3.05) is 45.9 Å². The molecule has 3 atom stereocenters. The van der Waals surface area contributed by atoms with Gasteiger partial charge in [-0.05, 0) is 116 Å². The molecule has 3 fully saturated rings. The van der Waals surface area contributed by atoms with Gasteiger partial charge in [0.05, 0.1) is 29.8 Å². The number of pyridine rings is 1. The molecular formula is C47H52N4O10. The number of rotatable bonds is 19. The van der Waals surface area contributed by atoms with Crippen LogP contribution in [-0.2, 0) is 25.6 Å².